The van der Waals surface area contributed by atoms with Crippen LogP contribution in [0.3, 0.4) is 0 Å². The third-order valence-electron chi connectivity index (χ3n) is 3.31. The van der Waals surface area contributed by atoms with E-state index in [1.165, 1.54) is 12.3 Å². The van der Waals surface area contributed by atoms with Gasteiger partial charge in [0, 0.05) is 18.3 Å². The summed E-state index contributed by atoms with van der Waals surface area (Å²) in [7, 11) is -3.69. The lowest BCUT2D eigenvalue weighted by atomic mass is 10.1. The zero-order valence-corrected chi connectivity index (χ0v) is 12.0. The fourth-order valence-corrected chi connectivity index (χ4v) is 3.33. The van der Waals surface area contributed by atoms with Crippen molar-refractivity contribution in [3.05, 3.63) is 53.7 Å². The molecule has 7 heteroatoms. The van der Waals surface area contributed by atoms with Crippen LogP contribution in [0.2, 0.25) is 0 Å². The van der Waals surface area contributed by atoms with E-state index in [0.29, 0.717) is 12.3 Å². The van der Waals surface area contributed by atoms with Crippen LogP contribution in [-0.4, -0.2) is 20.0 Å². The number of aromatic nitrogens is 1. The van der Waals surface area contributed by atoms with E-state index in [4.69, 9.17) is 10.5 Å². The van der Waals surface area contributed by atoms with Crippen molar-refractivity contribution in [2.75, 3.05) is 6.61 Å². The summed E-state index contributed by atoms with van der Waals surface area (Å²) in [6.07, 6.45) is 1.47. The first kappa shape index (κ1) is 14.0. The van der Waals surface area contributed by atoms with Crippen LogP contribution < -0.4 is 15.2 Å². The Morgan fingerprint density at radius 3 is 2.81 bits per heavy atom. The first-order valence-electron chi connectivity index (χ1n) is 6.49. The molecule has 110 valence electrons. The van der Waals surface area contributed by atoms with E-state index >= 15 is 0 Å². The normalized spacial score (nSPS) is 17.3. The number of rotatable bonds is 4. The van der Waals surface area contributed by atoms with Crippen molar-refractivity contribution >= 4 is 10.0 Å². The minimum Gasteiger partial charge on any atom is -0.491 e. The number of nitrogens with one attached hydrogen (secondary N) is 1. The second-order valence-corrected chi connectivity index (χ2v) is 6.39. The minimum absolute atomic E-state index is 0.0240. The third-order valence-corrected chi connectivity index (χ3v) is 4.69. The highest BCUT2D eigenvalue weighted by atomic mass is 32.2. The molecule has 3 N–H and O–H groups in total. The quantitative estimate of drug-likeness (QED) is 0.877. The summed E-state index contributed by atoms with van der Waals surface area (Å²) >= 11 is 0. The summed E-state index contributed by atoms with van der Waals surface area (Å²) < 4.78 is 32.8. The molecule has 0 saturated carbocycles. The maximum absolute atomic E-state index is 12.3. The van der Waals surface area contributed by atoms with E-state index in [-0.39, 0.29) is 11.6 Å². The van der Waals surface area contributed by atoms with E-state index < -0.39 is 16.1 Å². The monoisotopic (exact) mass is 305 g/mol. The van der Waals surface area contributed by atoms with Gasteiger partial charge in [-0.05, 0) is 17.7 Å². The van der Waals surface area contributed by atoms with Crippen molar-refractivity contribution < 1.29 is 13.2 Å². The average Bonchev–Trinajstić information content (AvgIpc) is 2.90. The highest BCUT2D eigenvalue weighted by molar-refractivity contribution is 7.89. The van der Waals surface area contributed by atoms with Crippen molar-refractivity contribution in [3.63, 3.8) is 0 Å². The number of nitrogens with zero attached hydrogens (tertiary/aromatic N) is 1. The van der Waals surface area contributed by atoms with Crippen LogP contribution in [0.5, 0.6) is 5.75 Å². The van der Waals surface area contributed by atoms with Gasteiger partial charge in [-0.15, -0.1) is 0 Å². The molecule has 1 unspecified atom stereocenters. The van der Waals surface area contributed by atoms with E-state index in [1.54, 1.807) is 6.07 Å². The lowest BCUT2D eigenvalue weighted by Crippen LogP contribution is -2.30. The van der Waals surface area contributed by atoms with Crippen LogP contribution in [0.1, 0.15) is 17.2 Å². The first-order chi connectivity index (χ1) is 10.1. The highest BCUT2D eigenvalue weighted by Crippen LogP contribution is 2.32. The fraction of sp³-hybridized carbons (Fsp3) is 0.214. The molecule has 3 rings (SSSR count). The topological polar surface area (TPSA) is 94.3 Å². The van der Waals surface area contributed by atoms with Gasteiger partial charge >= 0.3 is 0 Å². The van der Waals surface area contributed by atoms with Crippen LogP contribution in [0.4, 0.5) is 0 Å². The summed E-state index contributed by atoms with van der Waals surface area (Å²) in [4.78, 5) is 3.95. The summed E-state index contributed by atoms with van der Waals surface area (Å²) in [5.41, 5.74) is 7.09. The molecule has 0 spiro atoms. The lowest BCUT2D eigenvalue weighted by Gasteiger charge is -2.12. The largest absolute Gasteiger partial charge is 0.491 e. The number of hydrogen-bond acceptors (Lipinski definition) is 5. The Morgan fingerprint density at radius 1 is 1.29 bits per heavy atom. The molecule has 0 bridgehead atoms. The molecule has 0 aliphatic carbocycles. The van der Waals surface area contributed by atoms with E-state index in [2.05, 4.69) is 9.71 Å². The minimum atomic E-state index is -3.69. The molecule has 0 radical (unpaired) electrons. The zero-order chi connectivity index (χ0) is 14.9. The zero-order valence-electron chi connectivity index (χ0n) is 11.2. The lowest BCUT2D eigenvalue weighted by molar-refractivity contribution is 0.325. The molecule has 0 fully saturated rings. The summed E-state index contributed by atoms with van der Waals surface area (Å²) in [5.74, 6) is 0.705. The Kier molecular flexibility index (Phi) is 3.62. The predicted octanol–water partition coefficient (Wildman–Crippen LogP) is 0.952. The number of hydrogen-bond donors (Lipinski definition) is 2. The second-order valence-electron chi connectivity index (χ2n) is 4.73. The van der Waals surface area contributed by atoms with Crippen LogP contribution in [0.25, 0.3) is 0 Å². The molecular weight excluding hydrogens is 290 g/mol. The summed E-state index contributed by atoms with van der Waals surface area (Å²) in [5, 5.41) is -0.0240. The molecule has 1 aromatic heterocycles. The van der Waals surface area contributed by atoms with Crippen molar-refractivity contribution in [1.29, 1.82) is 0 Å². The molecule has 2 heterocycles. The number of pyridine rings is 1. The Hall–Kier alpha value is -1.96. The number of para-hydroxylation sites is 1. The van der Waals surface area contributed by atoms with Gasteiger partial charge in [0.15, 0.2) is 5.03 Å². The first-order valence-corrected chi connectivity index (χ1v) is 7.97. The standard InChI is InChI=1S/C14H15N3O3S/c15-7-10-5-6-14(16-8-10)21(18,19)17-12-9-20-13-4-2-1-3-11(12)13/h1-6,8,12,17H,7,9,15H2. The number of ether oxygens (including phenoxy) is 1. The number of sulfonamides is 1. The fourth-order valence-electron chi connectivity index (χ4n) is 2.20. The maximum atomic E-state index is 12.3. The molecule has 1 aliphatic rings. The van der Waals surface area contributed by atoms with Crippen LogP contribution >= 0.6 is 0 Å². The molecule has 0 amide bonds. The van der Waals surface area contributed by atoms with Gasteiger partial charge in [-0.3, -0.25) is 0 Å². The summed E-state index contributed by atoms with van der Waals surface area (Å²) in [6.45, 7) is 0.601. The van der Waals surface area contributed by atoms with Crippen LogP contribution in [-0.2, 0) is 16.6 Å². The van der Waals surface area contributed by atoms with Gasteiger partial charge in [-0.1, -0.05) is 24.3 Å². The third kappa shape index (κ3) is 2.76. The van der Waals surface area contributed by atoms with Crippen LogP contribution in [0.15, 0.2) is 47.6 Å². The second kappa shape index (κ2) is 5.44. The smallest absolute Gasteiger partial charge is 0.258 e. The van der Waals surface area contributed by atoms with Gasteiger partial charge < -0.3 is 10.5 Å². The number of nitrogens with two attached hydrogens (primary N) is 1. The van der Waals surface area contributed by atoms with E-state index in [1.807, 2.05) is 24.3 Å². The predicted molar refractivity (Wildman–Crippen MR) is 77.1 cm³/mol. The average molecular weight is 305 g/mol. The Bertz CT molecular complexity index is 744. The number of fused-ring (bicyclic) bond motifs is 1. The van der Waals surface area contributed by atoms with Gasteiger partial charge in [0.2, 0.25) is 0 Å². The SMILES string of the molecule is NCc1ccc(S(=O)(=O)NC2COc3ccccc32)nc1. The van der Waals surface area contributed by atoms with E-state index in [9.17, 15) is 8.42 Å². The molecule has 2 aromatic rings. The maximum Gasteiger partial charge on any atom is 0.258 e. The summed E-state index contributed by atoms with van der Waals surface area (Å²) in [6, 6.07) is 10.1. The van der Waals surface area contributed by atoms with Gasteiger partial charge in [0.05, 0.1) is 6.04 Å². The van der Waals surface area contributed by atoms with Crippen molar-refractivity contribution in [2.24, 2.45) is 5.73 Å². The molecule has 1 atom stereocenters. The van der Waals surface area contributed by atoms with Gasteiger partial charge in [0.1, 0.15) is 12.4 Å². The van der Waals surface area contributed by atoms with Gasteiger partial charge in [-0.25, -0.2) is 13.4 Å². The van der Waals surface area contributed by atoms with Gasteiger partial charge in [-0.2, -0.15) is 4.72 Å². The Morgan fingerprint density at radius 2 is 2.10 bits per heavy atom. The van der Waals surface area contributed by atoms with Gasteiger partial charge in [0.25, 0.3) is 10.0 Å². The Balaban J connectivity index is 1.83. The molecular formula is C14H15N3O3S. The Labute approximate surface area is 123 Å². The van der Waals surface area contributed by atoms with E-state index in [0.717, 1.165) is 11.1 Å². The molecule has 6 nitrogen and oxygen atoms in total. The number of benzene rings is 1. The molecule has 0 saturated heterocycles. The van der Waals surface area contributed by atoms with Crippen molar-refractivity contribution in [3.8, 4) is 5.75 Å². The van der Waals surface area contributed by atoms with Crippen LogP contribution in [0, 0.1) is 0 Å². The van der Waals surface area contributed by atoms with Crippen molar-refractivity contribution in [2.45, 2.75) is 17.6 Å². The molecule has 1 aromatic carbocycles. The highest BCUT2D eigenvalue weighted by Gasteiger charge is 2.29. The molecule has 1 aliphatic heterocycles. The van der Waals surface area contributed by atoms with Crippen molar-refractivity contribution in [1.82, 2.24) is 9.71 Å². The molecule has 21 heavy (non-hydrogen) atoms.